The Bertz CT molecular complexity index is 1620. The summed E-state index contributed by atoms with van der Waals surface area (Å²) in [6.07, 6.45) is 2.92. The smallest absolute Gasteiger partial charge is 0.417 e. The SMILES string of the molecule is COc1cc(C(=O)O)cc(-c2ccc(N3CC(C=Cc4c(-c5ccccc5C(F)(F)F)noc4C4CC4)C3)nc2)c1. The molecule has 0 radical (unpaired) electrons. The Morgan fingerprint density at radius 1 is 1.10 bits per heavy atom. The number of pyridine rings is 1. The van der Waals surface area contributed by atoms with Gasteiger partial charge in [-0.2, -0.15) is 13.2 Å². The Labute approximate surface area is 233 Å². The first-order valence-electron chi connectivity index (χ1n) is 13.2. The number of hydrogen-bond donors (Lipinski definition) is 1. The molecule has 1 aliphatic heterocycles. The van der Waals surface area contributed by atoms with Crippen molar-refractivity contribution < 1.29 is 32.3 Å². The molecule has 3 heterocycles. The zero-order valence-electron chi connectivity index (χ0n) is 22.1. The van der Waals surface area contributed by atoms with E-state index in [1.807, 2.05) is 24.3 Å². The summed E-state index contributed by atoms with van der Waals surface area (Å²) in [6.45, 7) is 1.40. The Morgan fingerprint density at radius 2 is 1.88 bits per heavy atom. The number of halogens is 3. The normalized spacial score (nSPS) is 15.8. The van der Waals surface area contributed by atoms with Gasteiger partial charge in [-0.15, -0.1) is 0 Å². The van der Waals surface area contributed by atoms with Gasteiger partial charge in [0.25, 0.3) is 0 Å². The quantitative estimate of drug-likeness (QED) is 0.244. The Kier molecular flexibility index (Phi) is 6.76. The molecule has 2 fully saturated rings. The molecular formula is C31H26F3N3O4. The van der Waals surface area contributed by atoms with Crippen molar-refractivity contribution in [3.05, 3.63) is 89.3 Å². The molecular weight excluding hydrogens is 535 g/mol. The summed E-state index contributed by atoms with van der Waals surface area (Å²) in [6, 6.07) is 14.0. The predicted molar refractivity (Wildman–Crippen MR) is 147 cm³/mol. The first-order chi connectivity index (χ1) is 19.7. The van der Waals surface area contributed by atoms with E-state index in [-0.39, 0.29) is 28.7 Å². The number of carboxylic acids is 1. The topological polar surface area (TPSA) is 88.7 Å². The lowest BCUT2D eigenvalue weighted by Gasteiger charge is -2.38. The number of aromatic carboxylic acids is 1. The van der Waals surface area contributed by atoms with Crippen LogP contribution in [0.3, 0.4) is 0 Å². The maximum atomic E-state index is 13.7. The molecule has 0 bridgehead atoms. The standard InChI is InChI=1S/C31H26F3N3O4/c1-40-23-13-21(12-22(14-23)30(38)39)20-9-11-27(35-15-20)37-16-18(17-37)6-10-25-28(36-41-29(25)19-7-8-19)24-4-2-3-5-26(24)31(32,33)34/h2-6,9-15,18-19H,7-8,16-17H2,1H3,(H,38,39). The van der Waals surface area contributed by atoms with Crippen LogP contribution >= 0.6 is 0 Å². The van der Waals surface area contributed by atoms with Crippen LogP contribution in [0, 0.1) is 5.92 Å². The molecule has 2 aromatic carbocycles. The molecule has 4 aromatic rings. The van der Waals surface area contributed by atoms with E-state index >= 15 is 0 Å². The molecule has 2 aromatic heterocycles. The fraction of sp³-hybridized carbons (Fsp3) is 0.258. The van der Waals surface area contributed by atoms with Gasteiger partial charge in [-0.3, -0.25) is 0 Å². The monoisotopic (exact) mass is 561 g/mol. The van der Waals surface area contributed by atoms with Crippen LogP contribution in [-0.4, -0.2) is 41.4 Å². The van der Waals surface area contributed by atoms with Crippen molar-refractivity contribution in [2.24, 2.45) is 5.92 Å². The van der Waals surface area contributed by atoms with Crippen LogP contribution < -0.4 is 9.64 Å². The first kappa shape index (κ1) is 26.6. The first-order valence-corrected chi connectivity index (χ1v) is 13.2. The minimum Gasteiger partial charge on any atom is -0.497 e. The van der Waals surface area contributed by atoms with Crippen LogP contribution in [0.2, 0.25) is 0 Å². The summed E-state index contributed by atoms with van der Waals surface area (Å²) in [7, 11) is 1.49. The minimum atomic E-state index is -4.50. The zero-order chi connectivity index (χ0) is 28.7. The van der Waals surface area contributed by atoms with Crippen molar-refractivity contribution in [3.8, 4) is 28.1 Å². The van der Waals surface area contributed by atoms with E-state index in [0.717, 1.165) is 30.3 Å². The van der Waals surface area contributed by atoms with Crippen LogP contribution in [0.15, 0.2) is 71.4 Å². The van der Waals surface area contributed by atoms with Gasteiger partial charge in [-0.25, -0.2) is 9.78 Å². The summed E-state index contributed by atoms with van der Waals surface area (Å²) < 4.78 is 51.9. The Morgan fingerprint density at radius 3 is 2.54 bits per heavy atom. The number of ether oxygens (including phenoxy) is 1. The predicted octanol–water partition coefficient (Wildman–Crippen LogP) is 7.16. The summed E-state index contributed by atoms with van der Waals surface area (Å²) in [5.41, 5.74) is 1.69. The highest BCUT2D eigenvalue weighted by molar-refractivity contribution is 5.90. The van der Waals surface area contributed by atoms with E-state index in [4.69, 9.17) is 9.26 Å². The Balaban J connectivity index is 1.18. The average molecular weight is 562 g/mol. The molecule has 0 spiro atoms. The summed E-state index contributed by atoms with van der Waals surface area (Å²) >= 11 is 0. The van der Waals surface area contributed by atoms with Gasteiger partial charge in [0.2, 0.25) is 0 Å². The fourth-order valence-corrected chi connectivity index (χ4v) is 5.05. The van der Waals surface area contributed by atoms with E-state index in [9.17, 15) is 23.1 Å². The maximum Gasteiger partial charge on any atom is 0.417 e. The maximum absolute atomic E-state index is 13.7. The van der Waals surface area contributed by atoms with Crippen LogP contribution in [-0.2, 0) is 6.18 Å². The van der Waals surface area contributed by atoms with Gasteiger partial charge in [0.05, 0.1) is 18.2 Å². The molecule has 41 heavy (non-hydrogen) atoms. The van der Waals surface area contributed by atoms with Gasteiger partial charge in [-0.1, -0.05) is 35.5 Å². The number of anilines is 1. The molecule has 10 heteroatoms. The number of carbonyl (C=O) groups is 1. The number of rotatable bonds is 8. The minimum absolute atomic E-state index is 0.0151. The lowest BCUT2D eigenvalue weighted by Crippen LogP contribution is -2.46. The third-order valence-electron chi connectivity index (χ3n) is 7.43. The van der Waals surface area contributed by atoms with Crippen LogP contribution in [0.5, 0.6) is 5.75 Å². The highest BCUT2D eigenvalue weighted by Gasteiger charge is 2.37. The fourth-order valence-electron chi connectivity index (χ4n) is 5.05. The molecule has 2 aliphatic rings. The van der Waals surface area contributed by atoms with Gasteiger partial charge < -0.3 is 19.3 Å². The van der Waals surface area contributed by atoms with Gasteiger partial charge in [-0.05, 0) is 54.8 Å². The van der Waals surface area contributed by atoms with Crippen molar-refractivity contribution in [3.63, 3.8) is 0 Å². The van der Waals surface area contributed by atoms with E-state index in [1.165, 1.54) is 25.3 Å². The zero-order valence-corrected chi connectivity index (χ0v) is 22.1. The number of hydrogen-bond acceptors (Lipinski definition) is 6. The van der Waals surface area contributed by atoms with Crippen LogP contribution in [0.4, 0.5) is 19.0 Å². The van der Waals surface area contributed by atoms with Crippen molar-refractivity contribution >= 4 is 17.9 Å². The summed E-state index contributed by atoms with van der Waals surface area (Å²) in [5.74, 6) is 1.20. The lowest BCUT2D eigenvalue weighted by atomic mass is 9.95. The number of carboxylic acid groups (broad SMARTS) is 1. The van der Waals surface area contributed by atoms with Gasteiger partial charge in [0.15, 0.2) is 0 Å². The molecule has 1 saturated heterocycles. The molecule has 1 aliphatic carbocycles. The Hall–Kier alpha value is -4.60. The number of benzene rings is 2. The van der Waals surface area contributed by atoms with Crippen molar-refractivity contribution in [1.29, 1.82) is 0 Å². The van der Waals surface area contributed by atoms with E-state index in [0.29, 0.717) is 35.7 Å². The van der Waals surface area contributed by atoms with Gasteiger partial charge in [0, 0.05) is 47.8 Å². The van der Waals surface area contributed by atoms with Crippen LogP contribution in [0.25, 0.3) is 28.5 Å². The molecule has 0 unspecified atom stereocenters. The van der Waals surface area contributed by atoms with E-state index in [1.54, 1.807) is 24.4 Å². The lowest BCUT2D eigenvalue weighted by molar-refractivity contribution is -0.137. The average Bonchev–Trinajstić information content (AvgIpc) is 3.70. The van der Waals surface area contributed by atoms with E-state index in [2.05, 4.69) is 15.0 Å². The second kappa shape index (κ2) is 10.4. The largest absolute Gasteiger partial charge is 0.497 e. The van der Waals surface area contributed by atoms with Crippen molar-refractivity contribution in [1.82, 2.24) is 10.1 Å². The summed E-state index contributed by atoms with van der Waals surface area (Å²) in [5, 5.41) is 13.5. The molecule has 6 rings (SSSR count). The second-order valence-corrected chi connectivity index (χ2v) is 10.3. The molecule has 1 saturated carbocycles. The molecule has 0 atom stereocenters. The highest BCUT2D eigenvalue weighted by atomic mass is 19.4. The number of alkyl halides is 3. The number of methoxy groups -OCH3 is 1. The van der Waals surface area contributed by atoms with Crippen molar-refractivity contribution in [2.75, 3.05) is 25.1 Å². The van der Waals surface area contributed by atoms with Crippen molar-refractivity contribution in [2.45, 2.75) is 24.9 Å². The number of nitrogens with zero attached hydrogens (tertiary/aromatic N) is 3. The van der Waals surface area contributed by atoms with Gasteiger partial charge >= 0.3 is 12.1 Å². The number of aromatic nitrogens is 2. The van der Waals surface area contributed by atoms with E-state index < -0.39 is 17.7 Å². The van der Waals surface area contributed by atoms with Crippen LogP contribution in [0.1, 0.15) is 46.0 Å². The molecule has 1 N–H and O–H groups in total. The third kappa shape index (κ3) is 5.41. The molecule has 7 nitrogen and oxygen atoms in total. The highest BCUT2D eigenvalue weighted by Crippen LogP contribution is 2.46. The van der Waals surface area contributed by atoms with Gasteiger partial charge in [0.1, 0.15) is 23.0 Å². The third-order valence-corrected chi connectivity index (χ3v) is 7.43. The molecule has 0 amide bonds. The second-order valence-electron chi connectivity index (χ2n) is 10.3. The summed E-state index contributed by atoms with van der Waals surface area (Å²) in [4.78, 5) is 18.1. The molecule has 210 valence electrons.